The molecule has 3 fully saturated rings. The fraction of sp³-hybridized carbons (Fsp3) is 0.444. The number of nitrogens with zero attached hydrogens (tertiary/aromatic N) is 2. The first-order valence-electron chi connectivity index (χ1n) is 8.44. The Bertz CT molecular complexity index is 708. The molecule has 0 unspecified atom stereocenters. The second-order valence-electron chi connectivity index (χ2n) is 6.50. The summed E-state index contributed by atoms with van der Waals surface area (Å²) in [7, 11) is 0. The van der Waals surface area contributed by atoms with E-state index in [1.807, 2.05) is 30.3 Å². The van der Waals surface area contributed by atoms with Gasteiger partial charge in [0.25, 0.3) is 5.91 Å². The highest BCUT2D eigenvalue weighted by Gasteiger charge is 2.40. The van der Waals surface area contributed by atoms with Crippen molar-refractivity contribution in [1.82, 2.24) is 15.2 Å². The van der Waals surface area contributed by atoms with Gasteiger partial charge in [-0.05, 0) is 63.0 Å². The van der Waals surface area contributed by atoms with Gasteiger partial charge in [-0.2, -0.15) is 0 Å². The van der Waals surface area contributed by atoms with E-state index in [2.05, 4.69) is 22.1 Å². The fourth-order valence-corrected chi connectivity index (χ4v) is 5.71. The molecular weight excluding hydrogens is 338 g/mol. The average molecular weight is 360 g/mol. The first kappa shape index (κ1) is 16.1. The van der Waals surface area contributed by atoms with E-state index in [9.17, 15) is 4.79 Å². The Labute approximate surface area is 150 Å². The smallest absolute Gasteiger partial charge is 0.261 e. The summed E-state index contributed by atoms with van der Waals surface area (Å²) in [6.07, 6.45) is 4.21. The van der Waals surface area contributed by atoms with Crippen molar-refractivity contribution in [3.63, 3.8) is 0 Å². The van der Waals surface area contributed by atoms with Crippen LogP contribution >= 0.6 is 23.1 Å². The topological polar surface area (TPSA) is 45.2 Å². The van der Waals surface area contributed by atoms with Crippen LogP contribution in [0.2, 0.25) is 0 Å². The van der Waals surface area contributed by atoms with Gasteiger partial charge in [-0.25, -0.2) is 4.98 Å². The number of pyridine rings is 1. The van der Waals surface area contributed by atoms with Crippen molar-refractivity contribution in [1.29, 1.82) is 0 Å². The van der Waals surface area contributed by atoms with E-state index < -0.39 is 0 Å². The molecule has 6 heteroatoms. The molecule has 5 heterocycles. The van der Waals surface area contributed by atoms with Gasteiger partial charge in [0.1, 0.15) is 5.03 Å². The number of amides is 1. The maximum absolute atomic E-state index is 12.7. The summed E-state index contributed by atoms with van der Waals surface area (Å²) in [6.45, 7) is 4.61. The van der Waals surface area contributed by atoms with Gasteiger partial charge in [0.15, 0.2) is 0 Å². The summed E-state index contributed by atoms with van der Waals surface area (Å²) < 4.78 is 1.10. The number of carbonyl (C=O) groups is 1. The molecule has 1 amide bonds. The van der Waals surface area contributed by atoms with Gasteiger partial charge in [0, 0.05) is 18.3 Å². The van der Waals surface area contributed by atoms with E-state index in [0.29, 0.717) is 12.0 Å². The maximum Gasteiger partial charge on any atom is 0.261 e. The van der Waals surface area contributed by atoms with E-state index in [1.54, 1.807) is 29.3 Å². The minimum Gasteiger partial charge on any atom is -0.347 e. The first-order valence-corrected chi connectivity index (χ1v) is 10.1. The molecule has 0 radical (unpaired) electrons. The van der Waals surface area contributed by atoms with Gasteiger partial charge in [-0.1, -0.05) is 17.8 Å². The van der Waals surface area contributed by atoms with Crippen LogP contribution in [0.4, 0.5) is 0 Å². The zero-order valence-corrected chi connectivity index (χ0v) is 15.3. The fourth-order valence-electron chi connectivity index (χ4n) is 3.78. The number of hydrogen-bond donors (Lipinski definition) is 1. The number of rotatable bonds is 4. The van der Waals surface area contributed by atoms with Crippen LogP contribution in [0.3, 0.4) is 0 Å². The quantitative estimate of drug-likeness (QED) is 0.907. The van der Waals surface area contributed by atoms with Gasteiger partial charge in [-0.3, -0.25) is 9.69 Å². The Morgan fingerprint density at radius 1 is 1.29 bits per heavy atom. The third-order valence-electron chi connectivity index (χ3n) is 5.12. The summed E-state index contributed by atoms with van der Waals surface area (Å²) in [5, 5.41) is 4.25. The molecule has 1 N–H and O–H groups in total. The van der Waals surface area contributed by atoms with Gasteiger partial charge >= 0.3 is 0 Å². The number of hydrogen-bond acceptors (Lipinski definition) is 5. The van der Waals surface area contributed by atoms with Crippen LogP contribution in [-0.4, -0.2) is 41.0 Å². The third kappa shape index (κ3) is 3.23. The number of thiophene rings is 1. The Morgan fingerprint density at radius 3 is 2.83 bits per heavy atom. The minimum atomic E-state index is 0.0680. The maximum atomic E-state index is 12.7. The van der Waals surface area contributed by atoms with E-state index in [-0.39, 0.29) is 11.9 Å². The van der Waals surface area contributed by atoms with Crippen LogP contribution in [0.15, 0.2) is 45.8 Å². The lowest BCUT2D eigenvalue weighted by molar-refractivity contribution is 0.0218. The number of carbonyl (C=O) groups excluding carboxylic acids is 1. The normalized spacial score (nSPS) is 28.7. The largest absolute Gasteiger partial charge is 0.347 e. The Hall–Kier alpha value is -1.37. The van der Waals surface area contributed by atoms with Crippen molar-refractivity contribution in [2.75, 3.05) is 13.1 Å². The summed E-state index contributed by atoms with van der Waals surface area (Å²) >= 11 is 3.15. The number of fused-ring (bicyclic) bond motifs is 3. The summed E-state index contributed by atoms with van der Waals surface area (Å²) in [6, 6.07) is 10.5. The highest BCUT2D eigenvalue weighted by molar-refractivity contribution is 8.01. The second kappa shape index (κ2) is 6.86. The molecule has 3 aliphatic rings. The van der Waals surface area contributed by atoms with Crippen molar-refractivity contribution < 1.29 is 4.79 Å². The monoisotopic (exact) mass is 359 g/mol. The van der Waals surface area contributed by atoms with E-state index >= 15 is 0 Å². The zero-order valence-electron chi connectivity index (χ0n) is 13.6. The van der Waals surface area contributed by atoms with Crippen LogP contribution in [0.1, 0.15) is 29.4 Å². The van der Waals surface area contributed by atoms with E-state index in [4.69, 9.17) is 0 Å². The lowest BCUT2D eigenvalue weighted by Crippen LogP contribution is -2.62. The number of nitrogens with one attached hydrogen (secondary N) is 1. The van der Waals surface area contributed by atoms with Crippen molar-refractivity contribution >= 4 is 29.0 Å². The lowest BCUT2D eigenvalue weighted by atomic mass is 9.79. The Morgan fingerprint density at radius 2 is 2.12 bits per heavy atom. The minimum absolute atomic E-state index is 0.0680. The third-order valence-corrected chi connectivity index (χ3v) is 7.29. The lowest BCUT2D eigenvalue weighted by Gasteiger charge is -2.49. The highest BCUT2D eigenvalue weighted by atomic mass is 32.2. The van der Waals surface area contributed by atoms with Crippen molar-refractivity contribution in [2.45, 2.75) is 41.1 Å². The predicted octanol–water partition coefficient (Wildman–Crippen LogP) is 3.51. The Kier molecular flexibility index (Phi) is 4.61. The number of aromatic nitrogens is 1. The van der Waals surface area contributed by atoms with Crippen LogP contribution in [0.5, 0.6) is 0 Å². The molecule has 24 heavy (non-hydrogen) atoms. The first-order chi connectivity index (χ1) is 11.7. The predicted molar refractivity (Wildman–Crippen MR) is 97.7 cm³/mol. The zero-order chi connectivity index (χ0) is 16.5. The van der Waals surface area contributed by atoms with Crippen LogP contribution in [0.25, 0.3) is 0 Å². The molecule has 126 valence electrons. The van der Waals surface area contributed by atoms with Crippen molar-refractivity contribution in [3.8, 4) is 0 Å². The molecule has 3 saturated heterocycles. The molecular formula is C18H21N3OS2. The highest BCUT2D eigenvalue weighted by Crippen LogP contribution is 2.34. The van der Waals surface area contributed by atoms with Gasteiger partial charge in [0.2, 0.25) is 0 Å². The standard InChI is InChI=1S/C18H21N3OS2/c1-12-17(13-7-10-21(12)11-8-13)20-18(22)14-5-6-16(23-14)24-15-4-2-3-9-19-15/h2-6,9,12-13,17H,7-8,10-11H2,1H3,(H,20,22)/t12-,17-/m0/s1. The van der Waals surface area contributed by atoms with E-state index in [1.165, 1.54) is 25.9 Å². The van der Waals surface area contributed by atoms with Gasteiger partial charge in [0.05, 0.1) is 9.09 Å². The molecule has 2 bridgehead atoms. The molecule has 0 saturated carbocycles. The SMILES string of the molecule is C[C@H]1[C@H](NC(=O)c2ccc(Sc3ccccn3)s2)C2CCN1CC2. The molecule has 4 nitrogen and oxygen atoms in total. The molecule has 0 spiro atoms. The van der Waals surface area contributed by atoms with Crippen LogP contribution in [0, 0.1) is 5.92 Å². The molecule has 3 aliphatic heterocycles. The van der Waals surface area contributed by atoms with Crippen molar-refractivity contribution in [3.05, 3.63) is 41.4 Å². The summed E-state index contributed by atoms with van der Waals surface area (Å²) in [5.41, 5.74) is 0. The van der Waals surface area contributed by atoms with E-state index in [0.717, 1.165) is 14.1 Å². The molecule has 0 aliphatic carbocycles. The average Bonchev–Trinajstić information content (AvgIpc) is 3.08. The number of piperidine rings is 3. The molecule has 0 aromatic carbocycles. The summed E-state index contributed by atoms with van der Waals surface area (Å²) in [5.74, 6) is 0.703. The summed E-state index contributed by atoms with van der Waals surface area (Å²) in [4.78, 5) is 20.3. The Balaban J connectivity index is 1.42. The van der Waals surface area contributed by atoms with Gasteiger partial charge < -0.3 is 5.32 Å². The molecule has 2 atom stereocenters. The van der Waals surface area contributed by atoms with Crippen molar-refractivity contribution in [2.24, 2.45) is 5.92 Å². The second-order valence-corrected chi connectivity index (χ2v) is 8.91. The molecule has 2 aromatic rings. The molecule has 2 aromatic heterocycles. The van der Waals surface area contributed by atoms with Gasteiger partial charge in [-0.15, -0.1) is 11.3 Å². The molecule has 5 rings (SSSR count). The van der Waals surface area contributed by atoms with Crippen LogP contribution < -0.4 is 5.32 Å². The van der Waals surface area contributed by atoms with Crippen LogP contribution in [-0.2, 0) is 0 Å².